The summed E-state index contributed by atoms with van der Waals surface area (Å²) in [6.45, 7) is 0. The normalized spacial score (nSPS) is 21.2. The lowest BCUT2D eigenvalue weighted by Crippen LogP contribution is -2.51. The van der Waals surface area contributed by atoms with Crippen LogP contribution < -0.4 is 5.32 Å². The highest BCUT2D eigenvalue weighted by Gasteiger charge is 2.51. The second-order valence-electron chi connectivity index (χ2n) is 6.36. The first kappa shape index (κ1) is 17.6. The zero-order chi connectivity index (χ0) is 18.7. The van der Waals surface area contributed by atoms with E-state index in [1.54, 1.807) is 42.5 Å². The number of carbonyl (C=O) groups excluding carboxylic acids is 2. The Labute approximate surface area is 151 Å². The van der Waals surface area contributed by atoms with Crippen molar-refractivity contribution in [2.75, 3.05) is 12.4 Å². The molecule has 2 N–H and O–H groups in total. The lowest BCUT2D eigenvalue weighted by molar-refractivity contribution is -0.156. The van der Waals surface area contributed by atoms with Crippen molar-refractivity contribution < 1.29 is 19.4 Å². The smallest absolute Gasteiger partial charge is 0.316 e. The SMILES string of the molecule is COC(=O)C1(c2ccc(NC(=O)c3cccc(C#N)c3)cc2)CC(O)C1. The number of methoxy groups -OCH3 is 1. The van der Waals surface area contributed by atoms with Crippen molar-refractivity contribution >= 4 is 17.6 Å². The number of anilines is 1. The van der Waals surface area contributed by atoms with Crippen LogP contribution in [0.4, 0.5) is 5.69 Å². The molecule has 0 bridgehead atoms. The van der Waals surface area contributed by atoms with Crippen LogP contribution in [0.1, 0.15) is 34.3 Å². The number of nitrogens with one attached hydrogen (secondary N) is 1. The molecule has 3 rings (SSSR count). The number of rotatable bonds is 4. The van der Waals surface area contributed by atoms with E-state index in [1.165, 1.54) is 13.2 Å². The number of hydrogen-bond acceptors (Lipinski definition) is 5. The molecule has 6 nitrogen and oxygen atoms in total. The maximum atomic E-state index is 12.3. The van der Waals surface area contributed by atoms with Crippen LogP contribution in [-0.4, -0.2) is 30.2 Å². The molecule has 1 aliphatic carbocycles. The molecule has 0 saturated heterocycles. The number of benzene rings is 2. The predicted octanol–water partition coefficient (Wildman–Crippen LogP) is 2.38. The summed E-state index contributed by atoms with van der Waals surface area (Å²) >= 11 is 0. The van der Waals surface area contributed by atoms with Crippen molar-refractivity contribution in [3.8, 4) is 6.07 Å². The molecule has 132 valence electrons. The lowest BCUT2D eigenvalue weighted by Gasteiger charge is -2.43. The number of hydrogen-bond donors (Lipinski definition) is 2. The second-order valence-corrected chi connectivity index (χ2v) is 6.36. The summed E-state index contributed by atoms with van der Waals surface area (Å²) in [6.07, 6.45) is 0.138. The highest BCUT2D eigenvalue weighted by atomic mass is 16.5. The fourth-order valence-corrected chi connectivity index (χ4v) is 3.27. The first-order valence-corrected chi connectivity index (χ1v) is 8.17. The van der Waals surface area contributed by atoms with Gasteiger partial charge in [-0.15, -0.1) is 0 Å². The van der Waals surface area contributed by atoms with Gasteiger partial charge in [-0.05, 0) is 48.7 Å². The molecule has 6 heteroatoms. The molecule has 0 aliphatic heterocycles. The molecular formula is C20H18N2O4. The fraction of sp³-hybridized carbons (Fsp3) is 0.250. The summed E-state index contributed by atoms with van der Waals surface area (Å²) in [6, 6.07) is 15.3. The molecule has 0 spiro atoms. The van der Waals surface area contributed by atoms with Gasteiger partial charge in [0.05, 0.1) is 30.3 Å². The van der Waals surface area contributed by atoms with Crippen LogP contribution >= 0.6 is 0 Å². The number of aliphatic hydroxyl groups excluding tert-OH is 1. The molecule has 2 aromatic carbocycles. The third kappa shape index (κ3) is 3.17. The van der Waals surface area contributed by atoms with Gasteiger partial charge in [-0.1, -0.05) is 18.2 Å². The molecular weight excluding hydrogens is 332 g/mol. The summed E-state index contributed by atoms with van der Waals surface area (Å²) in [5, 5.41) is 21.3. The lowest BCUT2D eigenvalue weighted by atomic mass is 9.62. The minimum Gasteiger partial charge on any atom is -0.468 e. The Morgan fingerprint density at radius 2 is 1.92 bits per heavy atom. The van der Waals surface area contributed by atoms with Gasteiger partial charge in [-0.25, -0.2) is 0 Å². The number of nitriles is 1. The van der Waals surface area contributed by atoms with Crippen molar-refractivity contribution in [2.24, 2.45) is 0 Å². The van der Waals surface area contributed by atoms with Gasteiger partial charge < -0.3 is 15.2 Å². The van der Waals surface area contributed by atoms with Gasteiger partial charge in [0.1, 0.15) is 0 Å². The van der Waals surface area contributed by atoms with E-state index in [1.807, 2.05) is 6.07 Å². The molecule has 2 aromatic rings. The van der Waals surface area contributed by atoms with Gasteiger partial charge in [0.2, 0.25) is 0 Å². The fourth-order valence-electron chi connectivity index (χ4n) is 3.27. The second kappa shape index (κ2) is 6.98. The summed E-state index contributed by atoms with van der Waals surface area (Å²) in [5.74, 6) is -0.690. The van der Waals surface area contributed by atoms with Crippen LogP contribution in [0.25, 0.3) is 0 Å². The number of amides is 1. The molecule has 0 unspecified atom stereocenters. The Hall–Kier alpha value is -3.17. The van der Waals surface area contributed by atoms with E-state index in [4.69, 9.17) is 10.00 Å². The van der Waals surface area contributed by atoms with E-state index < -0.39 is 11.5 Å². The molecule has 0 atom stereocenters. The number of esters is 1. The predicted molar refractivity (Wildman–Crippen MR) is 94.5 cm³/mol. The van der Waals surface area contributed by atoms with Crippen LogP contribution in [0.5, 0.6) is 0 Å². The summed E-state index contributed by atoms with van der Waals surface area (Å²) in [7, 11) is 1.33. The first-order valence-electron chi connectivity index (χ1n) is 8.17. The molecule has 26 heavy (non-hydrogen) atoms. The Balaban J connectivity index is 1.76. The van der Waals surface area contributed by atoms with Gasteiger partial charge in [0.25, 0.3) is 5.91 Å². The quantitative estimate of drug-likeness (QED) is 0.825. The van der Waals surface area contributed by atoms with Crippen LogP contribution in [0.3, 0.4) is 0 Å². The minimum atomic E-state index is -0.822. The zero-order valence-electron chi connectivity index (χ0n) is 14.2. The molecule has 0 radical (unpaired) electrons. The monoisotopic (exact) mass is 350 g/mol. The van der Waals surface area contributed by atoms with Crippen molar-refractivity contribution in [1.29, 1.82) is 5.26 Å². The van der Waals surface area contributed by atoms with Crippen molar-refractivity contribution in [2.45, 2.75) is 24.4 Å². The van der Waals surface area contributed by atoms with Gasteiger partial charge in [-0.2, -0.15) is 5.26 Å². The van der Waals surface area contributed by atoms with E-state index in [0.717, 1.165) is 5.56 Å². The van der Waals surface area contributed by atoms with Crippen molar-refractivity contribution in [3.63, 3.8) is 0 Å². The summed E-state index contributed by atoms with van der Waals surface area (Å²) < 4.78 is 4.89. The van der Waals surface area contributed by atoms with Crippen molar-refractivity contribution in [1.82, 2.24) is 0 Å². The number of carbonyl (C=O) groups is 2. The highest BCUT2D eigenvalue weighted by molar-refractivity contribution is 6.04. The Morgan fingerprint density at radius 3 is 2.50 bits per heavy atom. The van der Waals surface area contributed by atoms with E-state index >= 15 is 0 Å². The minimum absolute atomic E-state index is 0.323. The average molecular weight is 350 g/mol. The number of nitrogens with zero attached hydrogens (tertiary/aromatic N) is 1. The first-order chi connectivity index (χ1) is 12.5. The average Bonchev–Trinajstić information content (AvgIpc) is 2.65. The van der Waals surface area contributed by atoms with Crippen LogP contribution in [0, 0.1) is 11.3 Å². The molecule has 0 aromatic heterocycles. The number of ether oxygens (including phenoxy) is 1. The van der Waals surface area contributed by atoms with Gasteiger partial charge >= 0.3 is 5.97 Å². The zero-order valence-corrected chi connectivity index (χ0v) is 14.2. The van der Waals surface area contributed by atoms with Gasteiger partial charge in [0, 0.05) is 11.3 Å². The van der Waals surface area contributed by atoms with E-state index in [-0.39, 0.29) is 11.9 Å². The summed E-state index contributed by atoms with van der Waals surface area (Å²) in [5.41, 5.74) is 1.30. The maximum Gasteiger partial charge on any atom is 0.316 e. The largest absolute Gasteiger partial charge is 0.468 e. The third-order valence-corrected chi connectivity index (χ3v) is 4.69. The Bertz CT molecular complexity index is 877. The van der Waals surface area contributed by atoms with Crippen molar-refractivity contribution in [3.05, 3.63) is 65.2 Å². The van der Waals surface area contributed by atoms with Crippen LogP contribution in [0.2, 0.25) is 0 Å². The summed E-state index contributed by atoms with van der Waals surface area (Å²) in [4.78, 5) is 24.4. The van der Waals surface area contributed by atoms with Crippen LogP contribution in [0.15, 0.2) is 48.5 Å². The molecule has 1 saturated carbocycles. The molecule has 1 amide bonds. The third-order valence-electron chi connectivity index (χ3n) is 4.69. The number of aliphatic hydroxyl groups is 1. The van der Waals surface area contributed by atoms with E-state index in [2.05, 4.69) is 5.32 Å². The van der Waals surface area contributed by atoms with E-state index in [9.17, 15) is 14.7 Å². The molecule has 1 fully saturated rings. The Morgan fingerprint density at radius 1 is 1.23 bits per heavy atom. The standard InChI is InChI=1S/C20H18N2O4/c1-26-19(25)20(10-17(23)11-20)15-5-7-16(8-6-15)22-18(24)14-4-2-3-13(9-14)12-21/h2-9,17,23H,10-11H2,1H3,(H,22,24). The Kier molecular flexibility index (Phi) is 4.74. The molecule has 1 aliphatic rings. The maximum absolute atomic E-state index is 12.3. The highest BCUT2D eigenvalue weighted by Crippen LogP contribution is 2.45. The topological polar surface area (TPSA) is 99.4 Å². The molecule has 0 heterocycles. The van der Waals surface area contributed by atoms with E-state index in [0.29, 0.717) is 29.7 Å². The van der Waals surface area contributed by atoms with Gasteiger partial charge in [-0.3, -0.25) is 9.59 Å². The van der Waals surface area contributed by atoms with Gasteiger partial charge in [0.15, 0.2) is 0 Å². The van der Waals surface area contributed by atoms with Crippen LogP contribution in [-0.2, 0) is 14.9 Å².